The lowest BCUT2D eigenvalue weighted by Crippen LogP contribution is -2.33. The molecule has 2 heteroatoms. The second kappa shape index (κ2) is 7.96. The van der Waals surface area contributed by atoms with Crippen LogP contribution in [0.2, 0.25) is 0 Å². The number of nitrogens with zero attached hydrogens (tertiary/aromatic N) is 1. The first-order valence-corrected chi connectivity index (χ1v) is 8.11. The van der Waals surface area contributed by atoms with Gasteiger partial charge in [0, 0.05) is 13.2 Å². The number of methoxy groups -OCH3 is 1. The summed E-state index contributed by atoms with van der Waals surface area (Å²) < 4.78 is 5.78. The van der Waals surface area contributed by atoms with E-state index in [9.17, 15) is 0 Å². The third-order valence-electron chi connectivity index (χ3n) is 4.78. The Morgan fingerprint density at radius 3 is 2.45 bits per heavy atom. The molecule has 0 atom stereocenters. The Morgan fingerprint density at radius 2 is 1.91 bits per heavy atom. The lowest BCUT2D eigenvalue weighted by Gasteiger charge is -2.37. The van der Waals surface area contributed by atoms with Crippen molar-refractivity contribution in [1.82, 2.24) is 0 Å². The van der Waals surface area contributed by atoms with Crippen LogP contribution < -0.4 is 0 Å². The van der Waals surface area contributed by atoms with E-state index in [2.05, 4.69) is 37.3 Å². The van der Waals surface area contributed by atoms with Crippen molar-refractivity contribution < 1.29 is 4.74 Å². The molecule has 0 amide bonds. The van der Waals surface area contributed by atoms with Gasteiger partial charge in [-0.1, -0.05) is 49.4 Å². The van der Waals surface area contributed by atoms with Crippen LogP contribution in [0.25, 0.3) is 0 Å². The zero-order chi connectivity index (χ0) is 15.8. The monoisotopic (exact) mass is 295 g/mol. The fourth-order valence-corrected chi connectivity index (χ4v) is 3.23. The Kier molecular flexibility index (Phi) is 5.98. The highest BCUT2D eigenvalue weighted by atomic mass is 16.5. The second-order valence-corrected chi connectivity index (χ2v) is 5.99. The van der Waals surface area contributed by atoms with Gasteiger partial charge in [-0.3, -0.25) is 0 Å². The molecular formula is C20H25NO. The van der Waals surface area contributed by atoms with Crippen LogP contribution in [0.4, 0.5) is 0 Å². The summed E-state index contributed by atoms with van der Waals surface area (Å²) in [5, 5.41) is 8.52. The van der Waals surface area contributed by atoms with Crippen molar-refractivity contribution in [2.24, 2.45) is 0 Å². The molecule has 116 valence electrons. The molecule has 2 nitrogen and oxygen atoms in total. The molecule has 1 aliphatic rings. The summed E-state index contributed by atoms with van der Waals surface area (Å²) in [5.41, 5.74) is 2.69. The molecule has 0 aliphatic heterocycles. The summed E-state index contributed by atoms with van der Waals surface area (Å²) >= 11 is 0. The fourth-order valence-electron chi connectivity index (χ4n) is 3.23. The number of hydrogen-bond donors (Lipinski definition) is 0. The zero-order valence-corrected chi connectivity index (χ0v) is 13.6. The molecule has 0 N–H and O–H groups in total. The highest BCUT2D eigenvalue weighted by Crippen LogP contribution is 2.40. The molecule has 22 heavy (non-hydrogen) atoms. The predicted octanol–water partition coefficient (Wildman–Crippen LogP) is 4.93. The molecule has 1 aromatic rings. The maximum atomic E-state index is 8.52. The first-order valence-electron chi connectivity index (χ1n) is 8.11. The summed E-state index contributed by atoms with van der Waals surface area (Å²) in [6.07, 6.45) is 12.7. The lowest BCUT2D eigenvalue weighted by atomic mass is 9.75. The zero-order valence-electron chi connectivity index (χ0n) is 13.6. The molecule has 0 saturated heterocycles. The minimum Gasteiger partial charge on any atom is -0.374 e. The quantitative estimate of drug-likeness (QED) is 0.570. The molecular weight excluding hydrogens is 270 g/mol. The van der Waals surface area contributed by atoms with Crippen molar-refractivity contribution >= 4 is 0 Å². The third-order valence-corrected chi connectivity index (χ3v) is 4.78. The normalized spacial score (nSPS) is 25.6. The molecule has 0 bridgehead atoms. The van der Waals surface area contributed by atoms with Crippen molar-refractivity contribution in [2.75, 3.05) is 7.11 Å². The van der Waals surface area contributed by atoms with Crippen LogP contribution in [0.15, 0.2) is 48.6 Å². The van der Waals surface area contributed by atoms with Crippen molar-refractivity contribution in [2.45, 2.75) is 50.5 Å². The van der Waals surface area contributed by atoms with Crippen molar-refractivity contribution in [3.05, 3.63) is 59.7 Å². The van der Waals surface area contributed by atoms with Gasteiger partial charge in [0.25, 0.3) is 0 Å². The van der Waals surface area contributed by atoms with Crippen molar-refractivity contribution in [3.63, 3.8) is 0 Å². The molecule has 0 spiro atoms. The van der Waals surface area contributed by atoms with Gasteiger partial charge in [0.1, 0.15) is 0 Å². The highest BCUT2D eigenvalue weighted by Gasteiger charge is 2.33. The van der Waals surface area contributed by atoms with Gasteiger partial charge in [0.2, 0.25) is 0 Å². The number of nitriles is 1. The maximum Gasteiger partial charge on any atom is 0.0912 e. The average molecular weight is 295 g/mol. The summed E-state index contributed by atoms with van der Waals surface area (Å²) in [5.74, 6) is 0.636. The number of ether oxygens (including phenoxy) is 1. The van der Waals surface area contributed by atoms with Crippen LogP contribution in [0.3, 0.4) is 0 Å². The summed E-state index contributed by atoms with van der Waals surface area (Å²) in [6, 6.07) is 11.1. The van der Waals surface area contributed by atoms with E-state index in [4.69, 9.17) is 10.00 Å². The van der Waals surface area contributed by atoms with E-state index in [0.717, 1.165) is 32.1 Å². The lowest BCUT2D eigenvalue weighted by molar-refractivity contribution is -0.00220. The molecule has 1 aliphatic carbocycles. The minimum absolute atomic E-state index is 0.167. The number of hydrogen-bond acceptors (Lipinski definition) is 2. The average Bonchev–Trinajstić information content (AvgIpc) is 2.59. The predicted molar refractivity (Wildman–Crippen MR) is 90.7 cm³/mol. The molecule has 0 heterocycles. The SMILES string of the molecule is CCc1ccc([C@H]2CC[C@@](C=CC=CC#N)(OC)CC2)cc1. The molecule has 0 radical (unpaired) electrons. The van der Waals surface area contributed by atoms with E-state index in [0.29, 0.717) is 5.92 Å². The van der Waals surface area contributed by atoms with Gasteiger partial charge in [0.05, 0.1) is 11.7 Å². The Hall–Kier alpha value is -1.85. The Morgan fingerprint density at radius 1 is 1.23 bits per heavy atom. The summed E-state index contributed by atoms with van der Waals surface area (Å²) in [4.78, 5) is 0. The molecule has 2 rings (SSSR count). The minimum atomic E-state index is -0.167. The summed E-state index contributed by atoms with van der Waals surface area (Å²) in [7, 11) is 1.79. The van der Waals surface area contributed by atoms with Crippen LogP contribution in [0.1, 0.15) is 49.7 Å². The number of aryl methyl sites for hydroxylation is 1. The standard InChI is InChI=1S/C20H25NO/c1-3-17-7-9-18(10-8-17)19-11-14-20(22-2,15-12-19)13-5-4-6-16-21/h4-10,13,19H,3,11-12,14-15H2,1-2H3/t19-,20+. The molecule has 1 aromatic carbocycles. The van der Waals surface area contributed by atoms with E-state index in [1.165, 1.54) is 17.2 Å². The molecule has 1 saturated carbocycles. The Balaban J connectivity index is 1.99. The van der Waals surface area contributed by atoms with E-state index < -0.39 is 0 Å². The van der Waals surface area contributed by atoms with Gasteiger partial charge in [-0.2, -0.15) is 5.26 Å². The second-order valence-electron chi connectivity index (χ2n) is 5.99. The van der Waals surface area contributed by atoms with E-state index >= 15 is 0 Å². The van der Waals surface area contributed by atoms with Crippen LogP contribution in [-0.2, 0) is 11.2 Å². The first kappa shape index (κ1) is 16.5. The van der Waals surface area contributed by atoms with Crippen LogP contribution >= 0.6 is 0 Å². The molecule has 0 unspecified atom stereocenters. The Labute approximate surface area is 134 Å². The van der Waals surface area contributed by atoms with Crippen molar-refractivity contribution in [3.8, 4) is 6.07 Å². The van der Waals surface area contributed by atoms with Gasteiger partial charge < -0.3 is 4.74 Å². The first-order chi connectivity index (χ1) is 10.7. The van der Waals surface area contributed by atoms with Gasteiger partial charge >= 0.3 is 0 Å². The largest absolute Gasteiger partial charge is 0.374 e. The van der Waals surface area contributed by atoms with E-state index in [1.54, 1.807) is 13.2 Å². The summed E-state index contributed by atoms with van der Waals surface area (Å²) in [6.45, 7) is 2.19. The van der Waals surface area contributed by atoms with Crippen molar-refractivity contribution in [1.29, 1.82) is 5.26 Å². The third kappa shape index (κ3) is 4.08. The van der Waals surface area contributed by atoms with Gasteiger partial charge in [0.15, 0.2) is 0 Å². The topological polar surface area (TPSA) is 33.0 Å². The maximum absolute atomic E-state index is 8.52. The Bertz CT molecular complexity index is 554. The molecule has 0 aromatic heterocycles. The number of benzene rings is 1. The molecule has 1 fully saturated rings. The van der Waals surface area contributed by atoms with Crippen LogP contribution in [-0.4, -0.2) is 12.7 Å². The van der Waals surface area contributed by atoms with E-state index in [-0.39, 0.29) is 5.60 Å². The fraction of sp³-hybridized carbons (Fsp3) is 0.450. The van der Waals surface area contributed by atoms with E-state index in [1.807, 2.05) is 12.1 Å². The van der Waals surface area contributed by atoms with Crippen LogP contribution in [0.5, 0.6) is 0 Å². The van der Waals surface area contributed by atoms with Gasteiger partial charge in [-0.15, -0.1) is 0 Å². The smallest absolute Gasteiger partial charge is 0.0912 e. The number of allylic oxidation sites excluding steroid dienone is 3. The van der Waals surface area contributed by atoms with Crippen LogP contribution in [0, 0.1) is 11.3 Å². The van der Waals surface area contributed by atoms with Gasteiger partial charge in [-0.25, -0.2) is 0 Å². The number of rotatable bonds is 5. The highest BCUT2D eigenvalue weighted by molar-refractivity contribution is 5.26. The van der Waals surface area contributed by atoms with Gasteiger partial charge in [-0.05, 0) is 49.1 Å².